The maximum absolute atomic E-state index is 11.0. The molecule has 2 aromatic rings. The molecule has 0 spiro atoms. The molecule has 1 aromatic carbocycles. The smallest absolute Gasteiger partial charge is 0.335 e. The lowest BCUT2D eigenvalue weighted by Gasteiger charge is -2.04. The van der Waals surface area contributed by atoms with Crippen LogP contribution in [0, 0.1) is 25.2 Å². The Morgan fingerprint density at radius 1 is 1.44 bits per heavy atom. The van der Waals surface area contributed by atoms with Crippen LogP contribution in [0.2, 0.25) is 0 Å². The summed E-state index contributed by atoms with van der Waals surface area (Å²) in [7, 11) is 0. The number of rotatable bonds is 2. The van der Waals surface area contributed by atoms with Crippen LogP contribution in [0.1, 0.15) is 27.2 Å². The minimum absolute atomic E-state index is 0.181. The number of nitriles is 1. The van der Waals surface area contributed by atoms with Crippen LogP contribution in [0.15, 0.2) is 18.2 Å². The van der Waals surface area contributed by atoms with Gasteiger partial charge in [0, 0.05) is 5.56 Å². The van der Waals surface area contributed by atoms with Crippen molar-refractivity contribution in [1.82, 2.24) is 10.2 Å². The summed E-state index contributed by atoms with van der Waals surface area (Å²) in [4.78, 5) is 11.0. The second-order valence-electron chi connectivity index (χ2n) is 4.02. The molecule has 2 N–H and O–H groups in total. The number of aryl methyl sites for hydroxylation is 2. The highest BCUT2D eigenvalue weighted by Gasteiger charge is 2.15. The molecule has 0 aliphatic rings. The standard InChI is InChI=1S/C13H11N3O2/c1-7-3-4-9(13(17)18)5-10(7)12-11(6-14)8(2)15-16-12/h3-5H,1-2H3,(H,15,16)(H,17,18). The van der Waals surface area contributed by atoms with Crippen molar-refractivity contribution in [3.8, 4) is 17.3 Å². The molecule has 0 radical (unpaired) electrons. The van der Waals surface area contributed by atoms with Crippen molar-refractivity contribution < 1.29 is 9.90 Å². The average molecular weight is 241 g/mol. The summed E-state index contributed by atoms with van der Waals surface area (Å²) in [6, 6.07) is 6.86. The zero-order valence-corrected chi connectivity index (χ0v) is 9.98. The topological polar surface area (TPSA) is 89.8 Å². The van der Waals surface area contributed by atoms with E-state index in [4.69, 9.17) is 10.4 Å². The third kappa shape index (κ3) is 1.84. The van der Waals surface area contributed by atoms with E-state index in [0.717, 1.165) is 5.56 Å². The Hall–Kier alpha value is -2.61. The van der Waals surface area contributed by atoms with Crippen molar-refractivity contribution >= 4 is 5.97 Å². The molecule has 0 saturated heterocycles. The first-order chi connectivity index (χ1) is 8.54. The molecule has 0 amide bonds. The van der Waals surface area contributed by atoms with Crippen molar-refractivity contribution in [3.63, 3.8) is 0 Å². The van der Waals surface area contributed by atoms with E-state index in [0.29, 0.717) is 22.5 Å². The molecule has 1 aromatic heterocycles. The van der Waals surface area contributed by atoms with Gasteiger partial charge in [-0.1, -0.05) is 6.07 Å². The molecule has 1 heterocycles. The van der Waals surface area contributed by atoms with Gasteiger partial charge in [-0.3, -0.25) is 5.10 Å². The van der Waals surface area contributed by atoms with E-state index in [-0.39, 0.29) is 5.56 Å². The van der Waals surface area contributed by atoms with E-state index in [1.807, 2.05) is 6.92 Å². The Balaban J connectivity index is 2.67. The zero-order valence-electron chi connectivity index (χ0n) is 9.98. The van der Waals surface area contributed by atoms with Crippen molar-refractivity contribution in [2.45, 2.75) is 13.8 Å². The lowest BCUT2D eigenvalue weighted by atomic mass is 9.99. The Kier molecular flexibility index (Phi) is 2.86. The van der Waals surface area contributed by atoms with E-state index >= 15 is 0 Å². The summed E-state index contributed by atoms with van der Waals surface area (Å²) in [6.45, 7) is 3.61. The van der Waals surface area contributed by atoms with Gasteiger partial charge >= 0.3 is 5.97 Å². The average Bonchev–Trinajstić information content (AvgIpc) is 2.70. The molecule has 2 rings (SSSR count). The SMILES string of the molecule is Cc1ccc(C(=O)O)cc1-c1n[nH]c(C)c1C#N. The third-order valence-corrected chi connectivity index (χ3v) is 2.80. The second-order valence-corrected chi connectivity index (χ2v) is 4.02. The first-order valence-electron chi connectivity index (χ1n) is 5.34. The number of hydrogen-bond acceptors (Lipinski definition) is 3. The molecular formula is C13H11N3O2. The maximum Gasteiger partial charge on any atom is 0.335 e. The van der Waals surface area contributed by atoms with E-state index in [9.17, 15) is 4.79 Å². The number of hydrogen-bond donors (Lipinski definition) is 2. The van der Waals surface area contributed by atoms with Gasteiger partial charge in [0.25, 0.3) is 0 Å². The Morgan fingerprint density at radius 3 is 2.78 bits per heavy atom. The van der Waals surface area contributed by atoms with Crippen LogP contribution in [-0.4, -0.2) is 21.3 Å². The van der Waals surface area contributed by atoms with Crippen molar-refractivity contribution in [1.29, 1.82) is 5.26 Å². The fourth-order valence-electron chi connectivity index (χ4n) is 1.77. The van der Waals surface area contributed by atoms with Crippen LogP contribution in [0.4, 0.5) is 0 Å². The molecule has 0 unspecified atom stereocenters. The molecule has 0 bridgehead atoms. The van der Waals surface area contributed by atoms with Crippen molar-refractivity contribution in [3.05, 3.63) is 40.6 Å². The summed E-state index contributed by atoms with van der Waals surface area (Å²) >= 11 is 0. The van der Waals surface area contributed by atoms with Gasteiger partial charge < -0.3 is 5.11 Å². The molecule has 0 fully saturated rings. The molecule has 5 nitrogen and oxygen atoms in total. The van der Waals surface area contributed by atoms with Crippen molar-refractivity contribution in [2.24, 2.45) is 0 Å². The van der Waals surface area contributed by atoms with Crippen molar-refractivity contribution in [2.75, 3.05) is 0 Å². The second kappa shape index (κ2) is 4.34. The lowest BCUT2D eigenvalue weighted by Crippen LogP contribution is -1.98. The van der Waals surface area contributed by atoms with E-state index < -0.39 is 5.97 Å². The quantitative estimate of drug-likeness (QED) is 0.843. The highest BCUT2D eigenvalue weighted by Crippen LogP contribution is 2.27. The highest BCUT2D eigenvalue weighted by atomic mass is 16.4. The molecule has 0 aliphatic heterocycles. The summed E-state index contributed by atoms with van der Waals surface area (Å²) in [5.41, 5.74) is 3.34. The summed E-state index contributed by atoms with van der Waals surface area (Å²) in [5, 5.41) is 24.9. The molecule has 0 aliphatic carbocycles. The number of carboxylic acid groups (broad SMARTS) is 1. The van der Waals surface area contributed by atoms with E-state index in [2.05, 4.69) is 16.3 Å². The van der Waals surface area contributed by atoms with Gasteiger partial charge in [0.05, 0.1) is 11.3 Å². The van der Waals surface area contributed by atoms with Crippen LogP contribution in [0.25, 0.3) is 11.3 Å². The van der Waals surface area contributed by atoms with Crippen LogP contribution in [0.5, 0.6) is 0 Å². The Morgan fingerprint density at radius 2 is 2.17 bits per heavy atom. The molecule has 0 atom stereocenters. The monoisotopic (exact) mass is 241 g/mol. The third-order valence-electron chi connectivity index (χ3n) is 2.80. The predicted molar refractivity (Wildman–Crippen MR) is 65.2 cm³/mol. The van der Waals surface area contributed by atoms with Crippen LogP contribution < -0.4 is 0 Å². The molecule has 5 heteroatoms. The number of aromatic nitrogens is 2. The first kappa shape index (κ1) is 11.9. The maximum atomic E-state index is 11.0. The largest absolute Gasteiger partial charge is 0.478 e. The van der Waals surface area contributed by atoms with Gasteiger partial charge in [-0.25, -0.2) is 4.79 Å². The number of carbonyl (C=O) groups is 1. The molecule has 90 valence electrons. The Labute approximate surface area is 104 Å². The number of aromatic amines is 1. The molecule has 18 heavy (non-hydrogen) atoms. The number of aromatic carboxylic acids is 1. The molecular weight excluding hydrogens is 230 g/mol. The normalized spacial score (nSPS) is 10.1. The van der Waals surface area contributed by atoms with E-state index in [1.165, 1.54) is 12.1 Å². The van der Waals surface area contributed by atoms with Crippen LogP contribution in [0.3, 0.4) is 0 Å². The van der Waals surface area contributed by atoms with Gasteiger partial charge in [0.2, 0.25) is 0 Å². The predicted octanol–water partition coefficient (Wildman–Crippen LogP) is 2.26. The zero-order chi connectivity index (χ0) is 13.3. The number of benzene rings is 1. The minimum atomic E-state index is -0.998. The number of carboxylic acids is 1. The lowest BCUT2D eigenvalue weighted by molar-refractivity contribution is 0.0697. The van der Waals surface area contributed by atoms with Gasteiger partial charge in [-0.05, 0) is 31.5 Å². The number of nitrogens with one attached hydrogen (secondary N) is 1. The fourth-order valence-corrected chi connectivity index (χ4v) is 1.77. The summed E-state index contributed by atoms with van der Waals surface area (Å²) in [5.74, 6) is -0.998. The summed E-state index contributed by atoms with van der Waals surface area (Å²) in [6.07, 6.45) is 0. The first-order valence-corrected chi connectivity index (χ1v) is 5.34. The summed E-state index contributed by atoms with van der Waals surface area (Å²) < 4.78 is 0. The molecule has 0 saturated carbocycles. The van der Waals surface area contributed by atoms with Gasteiger partial charge in [0.1, 0.15) is 17.3 Å². The van der Waals surface area contributed by atoms with Gasteiger partial charge in [-0.15, -0.1) is 0 Å². The minimum Gasteiger partial charge on any atom is -0.478 e. The van der Waals surface area contributed by atoms with Gasteiger partial charge in [0.15, 0.2) is 0 Å². The number of nitrogens with zero attached hydrogens (tertiary/aromatic N) is 2. The van der Waals surface area contributed by atoms with Crippen LogP contribution >= 0.6 is 0 Å². The Bertz CT molecular complexity index is 665. The van der Waals surface area contributed by atoms with Crippen LogP contribution in [-0.2, 0) is 0 Å². The van der Waals surface area contributed by atoms with E-state index in [1.54, 1.807) is 13.0 Å². The fraction of sp³-hybridized carbons (Fsp3) is 0.154. The highest BCUT2D eigenvalue weighted by molar-refractivity contribution is 5.90. The number of H-pyrrole nitrogens is 1. The van der Waals surface area contributed by atoms with Gasteiger partial charge in [-0.2, -0.15) is 10.4 Å².